The van der Waals surface area contributed by atoms with Crippen molar-refractivity contribution in [1.82, 2.24) is 19.9 Å². The molecular weight excluding hydrogens is 416 g/mol. The Hall–Kier alpha value is -2.69. The largest absolute Gasteiger partial charge is 0.494 e. The number of primary amides is 1. The second-order valence-corrected chi connectivity index (χ2v) is 8.84. The number of hydrogen-bond acceptors (Lipinski definition) is 8. The van der Waals surface area contributed by atoms with Crippen LogP contribution in [-0.2, 0) is 22.4 Å². The van der Waals surface area contributed by atoms with Crippen LogP contribution >= 0.6 is 11.3 Å². The lowest BCUT2D eigenvalue weighted by Crippen LogP contribution is -2.36. The lowest BCUT2D eigenvalue weighted by atomic mass is 10.2. The van der Waals surface area contributed by atoms with Gasteiger partial charge in [0, 0.05) is 44.7 Å². The van der Waals surface area contributed by atoms with Gasteiger partial charge < -0.3 is 25.1 Å². The number of aromatic amines is 1. The fourth-order valence-electron chi connectivity index (χ4n) is 4.27. The molecule has 2 aliphatic rings. The van der Waals surface area contributed by atoms with Gasteiger partial charge in [-0.15, -0.1) is 11.3 Å². The first-order chi connectivity index (χ1) is 15.1. The van der Waals surface area contributed by atoms with Gasteiger partial charge in [0.05, 0.1) is 42.9 Å². The number of methoxy groups -OCH3 is 1. The molecule has 31 heavy (non-hydrogen) atoms. The summed E-state index contributed by atoms with van der Waals surface area (Å²) in [4.78, 5) is 28.9. The summed E-state index contributed by atoms with van der Waals surface area (Å²) in [5, 5.41) is 0.857. The van der Waals surface area contributed by atoms with Crippen LogP contribution in [0.4, 0.5) is 5.69 Å². The van der Waals surface area contributed by atoms with Crippen LogP contribution in [0.25, 0.3) is 21.0 Å². The number of benzene rings is 1. The molecular formula is C21H26N6O3S. The number of thiazole rings is 1. The number of nitrogens with two attached hydrogens (primary N) is 1. The highest BCUT2D eigenvalue weighted by atomic mass is 32.1. The van der Waals surface area contributed by atoms with Crippen LogP contribution in [-0.4, -0.2) is 78.8 Å². The molecule has 0 radical (unpaired) electrons. The second-order valence-electron chi connectivity index (χ2n) is 7.84. The Morgan fingerprint density at radius 2 is 2.03 bits per heavy atom. The highest BCUT2D eigenvalue weighted by molar-refractivity contribution is 7.22. The number of fused-ring (bicyclic) bond motifs is 2. The predicted octanol–water partition coefficient (Wildman–Crippen LogP) is 1.42. The van der Waals surface area contributed by atoms with Crippen molar-refractivity contribution in [3.8, 4) is 16.6 Å². The molecule has 0 saturated carbocycles. The zero-order valence-corrected chi connectivity index (χ0v) is 18.3. The predicted molar refractivity (Wildman–Crippen MR) is 120 cm³/mol. The van der Waals surface area contributed by atoms with Crippen molar-refractivity contribution in [2.45, 2.75) is 12.8 Å². The van der Waals surface area contributed by atoms with E-state index in [-0.39, 0.29) is 5.91 Å². The number of carbonyl (C=O) groups is 1. The highest BCUT2D eigenvalue weighted by Gasteiger charge is 2.23. The second kappa shape index (κ2) is 8.45. The van der Waals surface area contributed by atoms with Gasteiger partial charge >= 0.3 is 0 Å². The molecule has 0 aliphatic carbocycles. The quantitative estimate of drug-likeness (QED) is 0.615. The highest BCUT2D eigenvalue weighted by Crippen LogP contribution is 2.40. The zero-order valence-electron chi connectivity index (χ0n) is 17.5. The Bertz CT molecular complexity index is 1080. The van der Waals surface area contributed by atoms with Crippen molar-refractivity contribution in [2.24, 2.45) is 5.73 Å². The molecule has 0 spiro atoms. The van der Waals surface area contributed by atoms with E-state index in [2.05, 4.69) is 20.9 Å². The monoisotopic (exact) mass is 442 g/mol. The summed E-state index contributed by atoms with van der Waals surface area (Å²) < 4.78 is 12.2. The van der Waals surface area contributed by atoms with Crippen molar-refractivity contribution in [2.75, 3.05) is 57.9 Å². The van der Waals surface area contributed by atoms with Crippen molar-refractivity contribution in [3.63, 3.8) is 0 Å². The number of nitrogens with one attached hydrogen (secondary N) is 1. The summed E-state index contributed by atoms with van der Waals surface area (Å²) in [6, 6.07) is 4.10. The number of anilines is 1. The van der Waals surface area contributed by atoms with Gasteiger partial charge in [-0.05, 0) is 12.1 Å². The van der Waals surface area contributed by atoms with Gasteiger partial charge in [-0.2, -0.15) is 0 Å². The molecule has 3 N–H and O–H groups in total. The fourth-order valence-corrected chi connectivity index (χ4v) is 5.34. The summed E-state index contributed by atoms with van der Waals surface area (Å²) in [6.45, 7) is 5.05. The van der Waals surface area contributed by atoms with Crippen LogP contribution in [0, 0.1) is 0 Å². The van der Waals surface area contributed by atoms with Gasteiger partial charge in [0.25, 0.3) is 0 Å². The number of nitrogens with zero attached hydrogens (tertiary/aromatic N) is 4. The first kappa shape index (κ1) is 20.2. The average Bonchev–Trinajstić information content (AvgIpc) is 3.35. The van der Waals surface area contributed by atoms with Gasteiger partial charge in [-0.1, -0.05) is 0 Å². The molecule has 164 valence electrons. The van der Waals surface area contributed by atoms with Gasteiger partial charge in [-0.25, -0.2) is 9.97 Å². The molecule has 4 heterocycles. The summed E-state index contributed by atoms with van der Waals surface area (Å²) in [6.07, 6.45) is 1.59. The Morgan fingerprint density at radius 3 is 2.81 bits per heavy atom. The molecule has 1 saturated heterocycles. The molecule has 1 amide bonds. The molecule has 2 aliphatic heterocycles. The SMILES string of the molecule is COc1ccc(N2CCOCC2)c2sc(-c3nc4c([nH]3)CCN(CC(N)=O)CC4)nc12. The number of hydrogen-bond donors (Lipinski definition) is 2. The number of rotatable bonds is 5. The normalized spacial score (nSPS) is 17.5. The van der Waals surface area contributed by atoms with Crippen molar-refractivity contribution >= 4 is 33.1 Å². The molecule has 3 aromatic rings. The summed E-state index contributed by atoms with van der Waals surface area (Å²) in [5.74, 6) is 1.27. The van der Waals surface area contributed by atoms with Gasteiger partial charge in [0.15, 0.2) is 10.8 Å². The maximum absolute atomic E-state index is 11.2. The van der Waals surface area contributed by atoms with Crippen LogP contribution in [0.5, 0.6) is 5.75 Å². The maximum Gasteiger partial charge on any atom is 0.231 e. The van der Waals surface area contributed by atoms with Gasteiger partial charge in [-0.3, -0.25) is 9.69 Å². The van der Waals surface area contributed by atoms with E-state index in [4.69, 9.17) is 25.2 Å². The average molecular weight is 443 g/mol. The lowest BCUT2D eigenvalue weighted by Gasteiger charge is -2.29. The number of carbonyl (C=O) groups excluding carboxylic acids is 1. The van der Waals surface area contributed by atoms with Crippen LogP contribution in [0.15, 0.2) is 12.1 Å². The van der Waals surface area contributed by atoms with E-state index >= 15 is 0 Å². The Morgan fingerprint density at radius 1 is 1.23 bits per heavy atom. The van der Waals surface area contributed by atoms with E-state index < -0.39 is 0 Å². The first-order valence-corrected chi connectivity index (χ1v) is 11.3. The van der Waals surface area contributed by atoms with Gasteiger partial charge in [0.2, 0.25) is 5.91 Å². The number of ether oxygens (including phenoxy) is 2. The van der Waals surface area contributed by atoms with Crippen molar-refractivity contribution in [1.29, 1.82) is 0 Å². The molecule has 0 bridgehead atoms. The van der Waals surface area contributed by atoms with E-state index in [1.165, 1.54) is 0 Å². The van der Waals surface area contributed by atoms with Crippen LogP contribution in [0.3, 0.4) is 0 Å². The third-order valence-electron chi connectivity index (χ3n) is 5.85. The lowest BCUT2D eigenvalue weighted by molar-refractivity contribution is -0.119. The third-order valence-corrected chi connectivity index (χ3v) is 6.93. The van der Waals surface area contributed by atoms with Crippen LogP contribution in [0.2, 0.25) is 0 Å². The van der Waals surface area contributed by atoms with Gasteiger partial charge in [0.1, 0.15) is 11.3 Å². The topological polar surface area (TPSA) is 110 Å². The zero-order chi connectivity index (χ0) is 21.4. The van der Waals surface area contributed by atoms with E-state index in [1.54, 1.807) is 18.4 Å². The molecule has 0 unspecified atom stereocenters. The van der Waals surface area contributed by atoms with Crippen LogP contribution in [0.1, 0.15) is 11.4 Å². The smallest absolute Gasteiger partial charge is 0.231 e. The number of morpholine rings is 1. The standard InChI is InChI=1S/C21H26N6O3S/c1-29-16-3-2-15(27-8-10-30-11-9-27)19-18(16)25-21(31-19)20-23-13-4-6-26(12-17(22)28)7-5-14(13)24-20/h2-3H,4-12H2,1H3,(H2,22,28)(H,23,24). The Labute approximate surface area is 184 Å². The Balaban J connectivity index is 1.47. The van der Waals surface area contributed by atoms with Crippen molar-refractivity contribution in [3.05, 3.63) is 23.5 Å². The minimum atomic E-state index is -0.293. The molecule has 9 nitrogen and oxygen atoms in total. The van der Waals surface area contributed by atoms with E-state index in [0.29, 0.717) is 6.54 Å². The summed E-state index contributed by atoms with van der Waals surface area (Å²) >= 11 is 1.64. The van der Waals surface area contributed by atoms with E-state index in [1.807, 2.05) is 6.07 Å². The molecule has 5 rings (SSSR count). The van der Waals surface area contributed by atoms with E-state index in [9.17, 15) is 4.79 Å². The van der Waals surface area contributed by atoms with E-state index in [0.717, 1.165) is 96.1 Å². The molecule has 1 fully saturated rings. The minimum Gasteiger partial charge on any atom is -0.494 e. The first-order valence-electron chi connectivity index (χ1n) is 10.5. The summed E-state index contributed by atoms with van der Waals surface area (Å²) in [5.41, 5.74) is 9.54. The number of aromatic nitrogens is 3. The fraction of sp³-hybridized carbons (Fsp3) is 0.476. The minimum absolute atomic E-state index is 0.291. The molecule has 1 aromatic carbocycles. The summed E-state index contributed by atoms with van der Waals surface area (Å²) in [7, 11) is 1.68. The Kier molecular flexibility index (Phi) is 5.51. The number of amides is 1. The third kappa shape index (κ3) is 3.98. The maximum atomic E-state index is 11.2. The molecule has 10 heteroatoms. The number of imidazole rings is 1. The molecule has 0 atom stereocenters. The number of H-pyrrole nitrogens is 1. The molecule has 2 aromatic heterocycles. The van der Waals surface area contributed by atoms with Crippen LogP contribution < -0.4 is 15.4 Å². The van der Waals surface area contributed by atoms with Crippen molar-refractivity contribution < 1.29 is 14.3 Å².